The molecule has 0 bridgehead atoms. The average molecular weight is 838 g/mol. The summed E-state index contributed by atoms with van der Waals surface area (Å²) in [7, 11) is -7.84. The van der Waals surface area contributed by atoms with Gasteiger partial charge in [0, 0.05) is 18.8 Å². The molecule has 16 heteroatoms. The lowest BCUT2D eigenvalue weighted by Crippen LogP contribution is -2.51. The molecule has 4 N–H and O–H groups in total. The van der Waals surface area contributed by atoms with Crippen molar-refractivity contribution in [3.05, 3.63) is 126 Å². The Labute approximate surface area is 340 Å². The van der Waals surface area contributed by atoms with Crippen LogP contribution in [0.4, 0.5) is 10.5 Å². The second-order valence-electron chi connectivity index (χ2n) is 14.8. The first-order valence-electron chi connectivity index (χ1n) is 19.3. The molecule has 14 nitrogen and oxygen atoms in total. The molecule has 5 atom stereocenters. The van der Waals surface area contributed by atoms with Crippen molar-refractivity contribution < 1.29 is 50.9 Å². The smallest absolute Gasteiger partial charge is 0.407 e. The summed E-state index contributed by atoms with van der Waals surface area (Å²) in [5.74, 6) is 0.194. The van der Waals surface area contributed by atoms with E-state index in [1.807, 2.05) is 74.5 Å². The maximum atomic E-state index is 13.9. The number of benzene rings is 4. The second kappa shape index (κ2) is 20.1. The minimum atomic E-state index is -4.08. The number of hydrogen-bond acceptors (Lipinski definition) is 12. The normalized spacial score (nSPS) is 19.2. The number of nitrogens with one attached hydrogen (secondary N) is 1. The second-order valence-corrected chi connectivity index (χ2v) is 18.8. The van der Waals surface area contributed by atoms with Gasteiger partial charge in [-0.05, 0) is 65.8 Å². The van der Waals surface area contributed by atoms with Crippen molar-refractivity contribution >= 4 is 29.4 Å². The van der Waals surface area contributed by atoms with Gasteiger partial charge >= 0.3 is 13.7 Å². The molecule has 2 saturated heterocycles. The Hall–Kier alpha value is -4.31. The molecule has 2 aliphatic rings. The standard InChI is InChI=1S/C42H52N3O11PS/c1-30(2)24-45(58(49,50)36-15-9-14-34(43)23-36)25-39(46)38(44-42(47)56-40-28-52-41-37(40)20-21-51-41)22-31-16-18-35(19-17-31)53-29-57(48,54-26-32-10-5-3-6-11-32)55-27-33-12-7-4-8-13-33/h3-19,23,30,37-41,46H,20-22,24-29,43H2,1-2H3,(H,44,47)/t37-,38-,39+,40?,41+/m0/s1. The number of nitrogens with two attached hydrogens (primary N) is 1. The van der Waals surface area contributed by atoms with Crippen molar-refractivity contribution in [2.45, 2.75) is 69.3 Å². The number of carbonyl (C=O) groups excluding carboxylic acids is 1. The van der Waals surface area contributed by atoms with Crippen LogP contribution in [-0.4, -0.2) is 81.1 Å². The zero-order valence-electron chi connectivity index (χ0n) is 32.6. The monoisotopic (exact) mass is 837 g/mol. The average Bonchev–Trinajstić information content (AvgIpc) is 3.84. The third-order valence-corrected chi connectivity index (χ3v) is 13.1. The highest BCUT2D eigenvalue weighted by Gasteiger charge is 2.44. The number of anilines is 1. The number of sulfonamides is 1. The van der Waals surface area contributed by atoms with Gasteiger partial charge in [-0.2, -0.15) is 4.31 Å². The Balaban J connectivity index is 1.16. The lowest BCUT2D eigenvalue weighted by Gasteiger charge is -2.31. The zero-order valence-corrected chi connectivity index (χ0v) is 34.3. The summed E-state index contributed by atoms with van der Waals surface area (Å²) in [5, 5.41) is 14.5. The lowest BCUT2D eigenvalue weighted by atomic mass is 10.0. The van der Waals surface area contributed by atoms with Crippen LogP contribution in [0.1, 0.15) is 37.0 Å². The number of ether oxygens (including phenoxy) is 4. The summed E-state index contributed by atoms with van der Waals surface area (Å²) < 4.78 is 77.4. The molecule has 4 aromatic rings. The molecule has 0 spiro atoms. The molecular weight excluding hydrogens is 786 g/mol. The van der Waals surface area contributed by atoms with Crippen molar-refractivity contribution in [2.24, 2.45) is 11.8 Å². The number of aliphatic hydroxyl groups excluding tert-OH is 1. The van der Waals surface area contributed by atoms with E-state index in [1.165, 1.54) is 16.4 Å². The predicted octanol–water partition coefficient (Wildman–Crippen LogP) is 6.34. The van der Waals surface area contributed by atoms with Gasteiger partial charge in [0.05, 0.1) is 49.4 Å². The Morgan fingerprint density at radius 3 is 2.17 bits per heavy atom. The van der Waals surface area contributed by atoms with Gasteiger partial charge < -0.3 is 44.2 Å². The van der Waals surface area contributed by atoms with Crippen molar-refractivity contribution in [1.29, 1.82) is 0 Å². The molecule has 2 fully saturated rings. The fourth-order valence-electron chi connectivity index (χ4n) is 6.73. The summed E-state index contributed by atoms with van der Waals surface area (Å²) >= 11 is 0. The molecule has 1 unspecified atom stereocenters. The first-order chi connectivity index (χ1) is 27.9. The van der Waals surface area contributed by atoms with Gasteiger partial charge in [-0.1, -0.05) is 92.7 Å². The van der Waals surface area contributed by atoms with Gasteiger partial charge in [0.15, 0.2) is 12.6 Å². The van der Waals surface area contributed by atoms with Gasteiger partial charge in [0.25, 0.3) is 0 Å². The molecule has 312 valence electrons. The van der Waals surface area contributed by atoms with Crippen LogP contribution in [-0.2, 0) is 57.5 Å². The SMILES string of the molecule is CC(C)CN(C[C@@H](O)[C@H](Cc1ccc(OCP(=O)(OCc2ccccc2)OCc2ccccc2)cc1)NC(=O)OC1CO[C@H]2OCC[C@@H]12)S(=O)(=O)c1cccc(N)c1. The molecule has 4 aromatic carbocycles. The van der Waals surface area contributed by atoms with E-state index >= 15 is 0 Å². The highest BCUT2D eigenvalue weighted by Crippen LogP contribution is 2.50. The fraction of sp³-hybridized carbons (Fsp3) is 0.405. The summed E-state index contributed by atoms with van der Waals surface area (Å²) in [4.78, 5) is 13.4. The van der Waals surface area contributed by atoms with E-state index in [1.54, 1.807) is 36.4 Å². The molecule has 58 heavy (non-hydrogen) atoms. The van der Waals surface area contributed by atoms with E-state index in [2.05, 4.69) is 5.32 Å². The Morgan fingerprint density at radius 1 is 0.897 bits per heavy atom. The predicted molar refractivity (Wildman–Crippen MR) is 217 cm³/mol. The maximum absolute atomic E-state index is 13.9. The molecule has 0 radical (unpaired) electrons. The molecule has 6 rings (SSSR count). The van der Waals surface area contributed by atoms with Crippen LogP contribution in [0.25, 0.3) is 0 Å². The van der Waals surface area contributed by atoms with E-state index in [-0.39, 0.29) is 68.1 Å². The van der Waals surface area contributed by atoms with Crippen molar-refractivity contribution in [1.82, 2.24) is 9.62 Å². The quantitative estimate of drug-likeness (QED) is 0.0664. The van der Waals surface area contributed by atoms with Crippen LogP contribution in [0.15, 0.2) is 114 Å². The largest absolute Gasteiger partial charge is 0.481 e. The van der Waals surface area contributed by atoms with Crippen LogP contribution in [0.2, 0.25) is 0 Å². The van der Waals surface area contributed by atoms with Gasteiger partial charge in [0.2, 0.25) is 10.0 Å². The first kappa shape index (κ1) is 43.3. The fourth-order valence-corrected chi connectivity index (χ4v) is 9.63. The molecule has 1 amide bonds. The number of amides is 1. The first-order valence-corrected chi connectivity index (χ1v) is 22.5. The van der Waals surface area contributed by atoms with E-state index in [0.717, 1.165) is 11.1 Å². The van der Waals surface area contributed by atoms with Crippen molar-refractivity contribution in [3.8, 4) is 5.75 Å². The highest BCUT2D eigenvalue weighted by molar-refractivity contribution is 7.89. The van der Waals surface area contributed by atoms with Crippen LogP contribution in [0.5, 0.6) is 5.75 Å². The summed E-state index contributed by atoms with van der Waals surface area (Å²) in [5.41, 5.74) is 8.54. The Bertz CT molecular complexity index is 2030. The summed E-state index contributed by atoms with van der Waals surface area (Å²) in [6.45, 7) is 4.33. The van der Waals surface area contributed by atoms with Crippen LogP contribution in [0, 0.1) is 11.8 Å². The van der Waals surface area contributed by atoms with Gasteiger partial charge in [0.1, 0.15) is 11.9 Å². The van der Waals surface area contributed by atoms with E-state index in [0.29, 0.717) is 24.3 Å². The number of hydrogen-bond donors (Lipinski definition) is 3. The maximum Gasteiger partial charge on any atom is 0.407 e. The number of nitrogens with zero attached hydrogens (tertiary/aromatic N) is 1. The molecule has 0 aromatic heterocycles. The van der Waals surface area contributed by atoms with Crippen molar-refractivity contribution in [3.63, 3.8) is 0 Å². The Morgan fingerprint density at radius 2 is 1.55 bits per heavy atom. The topological polar surface area (TPSA) is 185 Å². The number of nitrogen functional groups attached to an aromatic ring is 1. The lowest BCUT2D eigenvalue weighted by molar-refractivity contribution is -0.0907. The highest BCUT2D eigenvalue weighted by atomic mass is 32.2. The van der Waals surface area contributed by atoms with Crippen LogP contribution in [0.3, 0.4) is 0 Å². The number of carbonyl (C=O) groups is 1. The number of alkyl carbamates (subject to hydrolysis) is 1. The number of rotatable bonds is 20. The minimum Gasteiger partial charge on any atom is -0.481 e. The number of aliphatic hydroxyl groups is 1. The van der Waals surface area contributed by atoms with E-state index < -0.39 is 48.3 Å². The zero-order chi connectivity index (χ0) is 41.1. The van der Waals surface area contributed by atoms with Gasteiger partial charge in [-0.15, -0.1) is 0 Å². The molecular formula is C42H52N3O11PS. The molecule has 2 aliphatic heterocycles. The van der Waals surface area contributed by atoms with Gasteiger partial charge in [-0.25, -0.2) is 13.2 Å². The third kappa shape index (κ3) is 12.1. The summed E-state index contributed by atoms with van der Waals surface area (Å²) in [6.07, 6.45) is -2.68. The van der Waals surface area contributed by atoms with Crippen molar-refractivity contribution in [2.75, 3.05) is 38.4 Å². The van der Waals surface area contributed by atoms with Gasteiger partial charge in [-0.3, -0.25) is 4.57 Å². The number of fused-ring (bicyclic) bond motifs is 1. The van der Waals surface area contributed by atoms with E-state index in [4.69, 9.17) is 33.7 Å². The summed E-state index contributed by atoms with van der Waals surface area (Å²) in [6, 6.07) is 30.5. The third-order valence-electron chi connectivity index (χ3n) is 9.78. The molecule has 2 heterocycles. The van der Waals surface area contributed by atoms with E-state index in [9.17, 15) is 22.9 Å². The molecule has 0 saturated carbocycles. The van der Waals surface area contributed by atoms with Crippen LogP contribution >= 0.6 is 7.60 Å². The van der Waals surface area contributed by atoms with Crippen LogP contribution < -0.4 is 15.8 Å². The molecule has 0 aliphatic carbocycles. The Kier molecular flexibility index (Phi) is 15.0. The minimum absolute atomic E-state index is 0.00472.